The number of methoxy groups -OCH3 is 1. The summed E-state index contributed by atoms with van der Waals surface area (Å²) in [6, 6.07) is 7.47. The summed E-state index contributed by atoms with van der Waals surface area (Å²) < 4.78 is 6.79. The lowest BCUT2D eigenvalue weighted by Gasteiger charge is -2.13. The minimum absolute atomic E-state index is 0.426. The molecule has 2 rings (SSSR count). The molecule has 0 fully saturated rings. The van der Waals surface area contributed by atoms with Crippen molar-refractivity contribution in [1.29, 1.82) is 0 Å². The van der Waals surface area contributed by atoms with E-state index in [0.29, 0.717) is 22.9 Å². The molecule has 0 saturated carbocycles. The highest BCUT2D eigenvalue weighted by atomic mass is 35.5. The third-order valence-electron chi connectivity index (χ3n) is 2.86. The number of aliphatic hydroxyl groups is 1. The maximum atomic E-state index is 10.3. The van der Waals surface area contributed by atoms with E-state index in [4.69, 9.17) is 16.3 Å². The molecular weight excluding hydrogens is 252 g/mol. The summed E-state index contributed by atoms with van der Waals surface area (Å²) in [7, 11) is 3.33. The van der Waals surface area contributed by atoms with Gasteiger partial charge in [0.2, 0.25) is 0 Å². The van der Waals surface area contributed by atoms with Crippen LogP contribution in [0.5, 0.6) is 5.75 Å². The van der Waals surface area contributed by atoms with Crippen LogP contribution in [0.25, 0.3) is 0 Å². The maximum absolute atomic E-state index is 10.3. The number of halogens is 1. The van der Waals surface area contributed by atoms with Crippen molar-refractivity contribution in [1.82, 2.24) is 9.78 Å². The molecule has 1 atom stereocenters. The van der Waals surface area contributed by atoms with E-state index in [9.17, 15) is 5.11 Å². The van der Waals surface area contributed by atoms with Gasteiger partial charge in [-0.3, -0.25) is 4.68 Å². The van der Waals surface area contributed by atoms with Crippen LogP contribution in [0.2, 0.25) is 5.02 Å². The first-order valence-corrected chi connectivity index (χ1v) is 5.98. The summed E-state index contributed by atoms with van der Waals surface area (Å²) in [6.07, 6.45) is 1.31. The van der Waals surface area contributed by atoms with E-state index in [1.807, 2.05) is 24.3 Å². The second-order valence-electron chi connectivity index (χ2n) is 4.03. The first-order valence-electron chi connectivity index (χ1n) is 5.61. The van der Waals surface area contributed by atoms with Crippen molar-refractivity contribution in [2.24, 2.45) is 7.05 Å². The number of rotatable bonds is 4. The normalized spacial score (nSPS) is 12.4. The molecule has 1 aromatic carbocycles. The highest BCUT2D eigenvalue weighted by molar-refractivity contribution is 6.31. The number of hydrogen-bond acceptors (Lipinski definition) is 3. The molecule has 0 saturated heterocycles. The second kappa shape index (κ2) is 5.42. The Bertz CT molecular complexity index is 540. The molecule has 2 aromatic rings. The van der Waals surface area contributed by atoms with Crippen LogP contribution >= 0.6 is 11.6 Å². The van der Waals surface area contributed by atoms with Gasteiger partial charge in [0.05, 0.1) is 13.3 Å². The molecule has 0 aliphatic rings. The van der Waals surface area contributed by atoms with Crippen molar-refractivity contribution in [2.75, 3.05) is 7.11 Å². The Morgan fingerprint density at radius 3 is 2.83 bits per heavy atom. The number of aromatic nitrogens is 2. The van der Waals surface area contributed by atoms with Gasteiger partial charge in [-0.05, 0) is 11.6 Å². The molecule has 0 bridgehead atoms. The Balaban J connectivity index is 2.24. The molecule has 1 unspecified atom stereocenters. The van der Waals surface area contributed by atoms with Crippen LogP contribution in [0, 0.1) is 0 Å². The Morgan fingerprint density at radius 2 is 2.17 bits per heavy atom. The Morgan fingerprint density at radius 1 is 1.44 bits per heavy atom. The third kappa shape index (κ3) is 2.49. The molecule has 0 amide bonds. The zero-order chi connectivity index (χ0) is 13.1. The molecule has 0 aliphatic heterocycles. The van der Waals surface area contributed by atoms with Gasteiger partial charge in [-0.15, -0.1) is 0 Å². The highest BCUT2D eigenvalue weighted by Gasteiger charge is 2.19. The Labute approximate surface area is 111 Å². The van der Waals surface area contributed by atoms with Gasteiger partial charge in [0.25, 0.3) is 0 Å². The summed E-state index contributed by atoms with van der Waals surface area (Å²) in [5, 5.41) is 15.0. The van der Waals surface area contributed by atoms with Crippen molar-refractivity contribution in [3.8, 4) is 5.75 Å². The first-order chi connectivity index (χ1) is 8.63. The number of ether oxygens (including phenoxy) is 1. The van der Waals surface area contributed by atoms with Crippen molar-refractivity contribution < 1.29 is 9.84 Å². The summed E-state index contributed by atoms with van der Waals surface area (Å²) in [5.74, 6) is 0.581. The molecule has 1 heterocycles. The molecule has 4 nitrogen and oxygen atoms in total. The van der Waals surface area contributed by atoms with Gasteiger partial charge in [-0.25, -0.2) is 0 Å². The number of hydrogen-bond donors (Lipinski definition) is 1. The van der Waals surface area contributed by atoms with E-state index in [-0.39, 0.29) is 0 Å². The van der Waals surface area contributed by atoms with Gasteiger partial charge in [0.1, 0.15) is 11.8 Å². The average molecular weight is 267 g/mol. The van der Waals surface area contributed by atoms with Crippen molar-refractivity contribution >= 4 is 11.6 Å². The molecule has 0 spiro atoms. The molecule has 0 aliphatic carbocycles. The maximum Gasteiger partial charge on any atom is 0.162 e. The number of aryl methyl sites for hydroxylation is 1. The quantitative estimate of drug-likeness (QED) is 0.924. The lowest BCUT2D eigenvalue weighted by molar-refractivity contribution is 0.164. The van der Waals surface area contributed by atoms with Gasteiger partial charge >= 0.3 is 0 Å². The SMILES string of the molecule is COc1cnn(C)c1C(O)Cc1ccccc1Cl. The number of benzene rings is 1. The fourth-order valence-corrected chi connectivity index (χ4v) is 2.15. The zero-order valence-electron chi connectivity index (χ0n) is 10.3. The Hall–Kier alpha value is -1.52. The van der Waals surface area contributed by atoms with E-state index < -0.39 is 6.10 Å². The first kappa shape index (κ1) is 12.9. The van der Waals surface area contributed by atoms with Crippen LogP contribution in [-0.2, 0) is 13.5 Å². The minimum atomic E-state index is -0.702. The summed E-state index contributed by atoms with van der Waals surface area (Å²) >= 11 is 6.08. The van der Waals surface area contributed by atoms with E-state index >= 15 is 0 Å². The lowest BCUT2D eigenvalue weighted by atomic mass is 10.1. The van der Waals surface area contributed by atoms with Gasteiger partial charge < -0.3 is 9.84 Å². The average Bonchev–Trinajstić information content (AvgIpc) is 2.73. The molecule has 96 valence electrons. The van der Waals surface area contributed by atoms with E-state index in [0.717, 1.165) is 5.56 Å². The fourth-order valence-electron chi connectivity index (χ4n) is 1.93. The van der Waals surface area contributed by atoms with E-state index in [1.54, 1.807) is 25.0 Å². The summed E-state index contributed by atoms with van der Waals surface area (Å²) in [6.45, 7) is 0. The third-order valence-corrected chi connectivity index (χ3v) is 3.22. The van der Waals surface area contributed by atoms with Crippen molar-refractivity contribution in [2.45, 2.75) is 12.5 Å². The largest absolute Gasteiger partial charge is 0.493 e. The smallest absolute Gasteiger partial charge is 0.162 e. The van der Waals surface area contributed by atoms with Crippen LogP contribution in [0.3, 0.4) is 0 Å². The predicted octanol–water partition coefficient (Wildman–Crippen LogP) is 2.36. The van der Waals surface area contributed by atoms with Crippen molar-refractivity contribution in [3.05, 3.63) is 46.7 Å². The minimum Gasteiger partial charge on any atom is -0.493 e. The van der Waals surface area contributed by atoms with E-state index in [2.05, 4.69) is 5.10 Å². The molecule has 1 N–H and O–H groups in total. The Kier molecular flexibility index (Phi) is 3.89. The van der Waals surface area contributed by atoms with Crippen molar-refractivity contribution in [3.63, 3.8) is 0 Å². The second-order valence-corrected chi connectivity index (χ2v) is 4.44. The van der Waals surface area contributed by atoms with Crippen LogP contribution in [0.1, 0.15) is 17.4 Å². The van der Waals surface area contributed by atoms with Crippen LogP contribution in [-0.4, -0.2) is 22.0 Å². The molecule has 1 aromatic heterocycles. The topological polar surface area (TPSA) is 47.3 Å². The summed E-state index contributed by atoms with van der Waals surface area (Å²) in [4.78, 5) is 0. The molecule has 5 heteroatoms. The van der Waals surface area contributed by atoms with E-state index in [1.165, 1.54) is 0 Å². The van der Waals surface area contributed by atoms with Crippen LogP contribution in [0.4, 0.5) is 0 Å². The summed E-state index contributed by atoms with van der Waals surface area (Å²) in [5.41, 5.74) is 1.55. The van der Waals surface area contributed by atoms with Crippen LogP contribution in [0.15, 0.2) is 30.5 Å². The molecule has 18 heavy (non-hydrogen) atoms. The van der Waals surface area contributed by atoms with Crippen LogP contribution < -0.4 is 4.74 Å². The highest BCUT2D eigenvalue weighted by Crippen LogP contribution is 2.28. The standard InChI is InChI=1S/C13H15ClN2O2/c1-16-13(12(18-2)8-15-16)11(17)7-9-5-3-4-6-10(9)14/h3-6,8,11,17H,7H2,1-2H3. The fraction of sp³-hybridized carbons (Fsp3) is 0.308. The molecular formula is C13H15ClN2O2. The lowest BCUT2D eigenvalue weighted by Crippen LogP contribution is -2.09. The predicted molar refractivity (Wildman–Crippen MR) is 69.9 cm³/mol. The van der Waals surface area contributed by atoms with Gasteiger partial charge in [0, 0.05) is 18.5 Å². The number of nitrogens with zero attached hydrogens (tertiary/aromatic N) is 2. The zero-order valence-corrected chi connectivity index (χ0v) is 11.1. The number of aliphatic hydroxyl groups excluding tert-OH is 1. The monoisotopic (exact) mass is 266 g/mol. The van der Waals surface area contributed by atoms with Gasteiger partial charge in [-0.2, -0.15) is 5.10 Å². The van der Waals surface area contributed by atoms with Gasteiger partial charge in [-0.1, -0.05) is 29.8 Å². The molecule has 0 radical (unpaired) electrons. The van der Waals surface area contributed by atoms with Gasteiger partial charge in [0.15, 0.2) is 5.75 Å².